The summed E-state index contributed by atoms with van der Waals surface area (Å²) in [6.07, 6.45) is 0.322. The number of anilines is 1. The molecular weight excluding hydrogens is 396 g/mol. The summed E-state index contributed by atoms with van der Waals surface area (Å²) < 4.78 is 4.90. The number of esters is 1. The van der Waals surface area contributed by atoms with Crippen molar-refractivity contribution in [2.45, 2.75) is 25.8 Å². The highest BCUT2D eigenvalue weighted by molar-refractivity contribution is 7.13. The third-order valence-corrected chi connectivity index (χ3v) is 5.37. The van der Waals surface area contributed by atoms with Crippen LogP contribution in [0.1, 0.15) is 24.6 Å². The zero-order valence-electron chi connectivity index (χ0n) is 15.9. The molecular formula is C19H20N4O5S. The van der Waals surface area contributed by atoms with Gasteiger partial charge in [-0.05, 0) is 18.9 Å². The van der Waals surface area contributed by atoms with Crippen molar-refractivity contribution in [1.29, 1.82) is 0 Å². The first kappa shape index (κ1) is 20.5. The number of ether oxygens (including phenoxy) is 1. The van der Waals surface area contributed by atoms with Crippen LogP contribution in [0.5, 0.6) is 0 Å². The van der Waals surface area contributed by atoms with Gasteiger partial charge in [-0.25, -0.2) is 9.78 Å². The van der Waals surface area contributed by atoms with E-state index in [-0.39, 0.29) is 0 Å². The second-order valence-electron chi connectivity index (χ2n) is 6.45. The fraction of sp³-hybridized carbons (Fsp3) is 0.316. The zero-order valence-corrected chi connectivity index (χ0v) is 16.7. The number of benzene rings is 1. The molecule has 1 aromatic heterocycles. The van der Waals surface area contributed by atoms with E-state index in [4.69, 9.17) is 4.74 Å². The van der Waals surface area contributed by atoms with Crippen LogP contribution < -0.4 is 10.6 Å². The third kappa shape index (κ3) is 4.27. The van der Waals surface area contributed by atoms with E-state index in [1.54, 1.807) is 49.6 Å². The molecule has 152 valence electrons. The Labute approximate surface area is 171 Å². The van der Waals surface area contributed by atoms with Crippen LogP contribution >= 0.6 is 11.3 Å². The van der Waals surface area contributed by atoms with Gasteiger partial charge in [-0.1, -0.05) is 37.3 Å². The molecule has 29 heavy (non-hydrogen) atoms. The van der Waals surface area contributed by atoms with E-state index in [1.165, 1.54) is 11.3 Å². The van der Waals surface area contributed by atoms with Crippen molar-refractivity contribution in [1.82, 2.24) is 15.2 Å². The molecule has 4 amide bonds. The average Bonchev–Trinajstić information content (AvgIpc) is 3.23. The van der Waals surface area contributed by atoms with E-state index in [2.05, 4.69) is 15.6 Å². The van der Waals surface area contributed by atoms with E-state index >= 15 is 0 Å². The number of hydrogen-bond acceptors (Lipinski definition) is 7. The van der Waals surface area contributed by atoms with Gasteiger partial charge in [0.15, 0.2) is 11.7 Å². The molecule has 1 unspecified atom stereocenters. The number of carbonyl (C=O) groups excluding carboxylic acids is 4. The first-order chi connectivity index (χ1) is 13.9. The number of hydrogen-bond donors (Lipinski definition) is 2. The van der Waals surface area contributed by atoms with Gasteiger partial charge in [0.25, 0.3) is 11.8 Å². The van der Waals surface area contributed by atoms with Crippen LogP contribution in [-0.4, -0.2) is 46.9 Å². The van der Waals surface area contributed by atoms with Crippen LogP contribution in [0.3, 0.4) is 0 Å². The van der Waals surface area contributed by atoms with Crippen LogP contribution in [0, 0.1) is 6.92 Å². The molecule has 1 saturated heterocycles. The standard InChI is InChI=1S/C19H20N4O5S/c1-3-19(13-7-5-4-6-8-13)16(26)23(18(27)22-19)9-15(25)28-10-14(24)21-17-20-12(2)11-29-17/h4-8,11H,3,9-10H2,1-2H3,(H,22,27)(H,20,21,24). The van der Waals surface area contributed by atoms with Crippen molar-refractivity contribution < 1.29 is 23.9 Å². The van der Waals surface area contributed by atoms with Gasteiger partial charge >= 0.3 is 12.0 Å². The van der Waals surface area contributed by atoms with Crippen LogP contribution in [0.25, 0.3) is 0 Å². The minimum atomic E-state index is -1.22. The first-order valence-corrected chi connectivity index (χ1v) is 9.81. The van der Waals surface area contributed by atoms with Gasteiger partial charge in [-0.2, -0.15) is 0 Å². The molecule has 0 radical (unpaired) electrons. The van der Waals surface area contributed by atoms with Crippen molar-refractivity contribution in [2.24, 2.45) is 0 Å². The number of nitrogens with one attached hydrogen (secondary N) is 2. The van der Waals surface area contributed by atoms with Crippen LogP contribution in [0.15, 0.2) is 35.7 Å². The first-order valence-electron chi connectivity index (χ1n) is 8.93. The predicted octanol–water partition coefficient (Wildman–Crippen LogP) is 1.79. The molecule has 1 atom stereocenters. The molecule has 2 N–H and O–H groups in total. The van der Waals surface area contributed by atoms with Gasteiger partial charge < -0.3 is 10.1 Å². The van der Waals surface area contributed by atoms with Gasteiger partial charge in [0, 0.05) is 5.38 Å². The summed E-state index contributed by atoms with van der Waals surface area (Å²) in [6.45, 7) is 2.44. The lowest BCUT2D eigenvalue weighted by Crippen LogP contribution is -2.44. The topological polar surface area (TPSA) is 118 Å². The number of imide groups is 1. The SMILES string of the molecule is CCC1(c2ccccc2)NC(=O)N(CC(=O)OCC(=O)Nc2nc(C)cs2)C1=O. The van der Waals surface area contributed by atoms with Crippen LogP contribution in [-0.2, 0) is 24.7 Å². The number of urea groups is 1. The van der Waals surface area contributed by atoms with Crippen molar-refractivity contribution in [3.05, 3.63) is 47.0 Å². The van der Waals surface area contributed by atoms with Crippen molar-refractivity contribution in [2.75, 3.05) is 18.5 Å². The van der Waals surface area contributed by atoms with E-state index in [1.807, 2.05) is 0 Å². The summed E-state index contributed by atoms with van der Waals surface area (Å²) in [5.74, 6) is -1.95. The molecule has 0 aliphatic carbocycles. The highest BCUT2D eigenvalue weighted by Crippen LogP contribution is 2.32. The number of amides is 4. The van der Waals surface area contributed by atoms with Gasteiger partial charge in [-0.3, -0.25) is 24.6 Å². The minimum absolute atomic E-state index is 0.322. The van der Waals surface area contributed by atoms with Crippen molar-refractivity contribution in [3.63, 3.8) is 0 Å². The second-order valence-corrected chi connectivity index (χ2v) is 7.31. The number of rotatable bonds is 7. The van der Waals surface area contributed by atoms with Crippen LogP contribution in [0.2, 0.25) is 0 Å². The summed E-state index contributed by atoms with van der Waals surface area (Å²) in [4.78, 5) is 54.1. The molecule has 0 saturated carbocycles. The number of aromatic nitrogens is 1. The zero-order chi connectivity index (χ0) is 21.0. The maximum Gasteiger partial charge on any atom is 0.326 e. The second kappa shape index (κ2) is 8.39. The summed E-state index contributed by atoms with van der Waals surface area (Å²) in [7, 11) is 0. The summed E-state index contributed by atoms with van der Waals surface area (Å²) >= 11 is 1.25. The Kier molecular flexibility index (Phi) is 5.92. The fourth-order valence-electron chi connectivity index (χ4n) is 3.02. The monoisotopic (exact) mass is 416 g/mol. The molecule has 1 aromatic carbocycles. The Morgan fingerprint density at radius 1 is 1.28 bits per heavy atom. The third-order valence-electron chi connectivity index (χ3n) is 4.49. The molecule has 0 bridgehead atoms. The van der Waals surface area contributed by atoms with Gasteiger partial charge in [0.1, 0.15) is 12.1 Å². The Morgan fingerprint density at radius 3 is 2.62 bits per heavy atom. The largest absolute Gasteiger partial charge is 0.454 e. The van der Waals surface area contributed by atoms with Gasteiger partial charge in [0.05, 0.1) is 5.69 Å². The van der Waals surface area contributed by atoms with Crippen molar-refractivity contribution in [3.8, 4) is 0 Å². The smallest absolute Gasteiger partial charge is 0.326 e. The summed E-state index contributed by atoms with van der Waals surface area (Å²) in [5, 5.41) is 7.35. The van der Waals surface area contributed by atoms with Crippen LogP contribution in [0.4, 0.5) is 9.93 Å². The fourth-order valence-corrected chi connectivity index (χ4v) is 3.72. The number of aryl methyl sites for hydroxylation is 1. The van der Waals surface area contributed by atoms with Crippen molar-refractivity contribution >= 4 is 40.3 Å². The maximum atomic E-state index is 12.9. The molecule has 2 heterocycles. The lowest BCUT2D eigenvalue weighted by atomic mass is 9.87. The average molecular weight is 416 g/mol. The van der Waals surface area contributed by atoms with Gasteiger partial charge in [-0.15, -0.1) is 11.3 Å². The quantitative estimate of drug-likeness (QED) is 0.525. The minimum Gasteiger partial charge on any atom is -0.454 e. The highest BCUT2D eigenvalue weighted by atomic mass is 32.1. The molecule has 1 fully saturated rings. The lowest BCUT2D eigenvalue weighted by molar-refractivity contribution is -0.150. The Morgan fingerprint density at radius 2 is 2.00 bits per heavy atom. The number of nitrogens with zero attached hydrogens (tertiary/aromatic N) is 2. The molecule has 10 heteroatoms. The van der Waals surface area contributed by atoms with E-state index < -0.39 is 42.5 Å². The Bertz CT molecular complexity index is 945. The molecule has 2 aromatic rings. The predicted molar refractivity (Wildman–Crippen MR) is 105 cm³/mol. The molecule has 0 spiro atoms. The molecule has 1 aliphatic heterocycles. The summed E-state index contributed by atoms with van der Waals surface area (Å²) in [6, 6.07) is 8.15. The number of thiazole rings is 1. The highest BCUT2D eigenvalue weighted by Gasteiger charge is 2.51. The maximum absolute atomic E-state index is 12.9. The number of carbonyl (C=O) groups is 4. The molecule has 3 rings (SSSR count). The van der Waals surface area contributed by atoms with E-state index in [0.29, 0.717) is 17.1 Å². The lowest BCUT2D eigenvalue weighted by Gasteiger charge is -2.25. The molecule has 9 nitrogen and oxygen atoms in total. The normalized spacial score (nSPS) is 18.5. The van der Waals surface area contributed by atoms with E-state index in [0.717, 1.165) is 10.6 Å². The Hall–Kier alpha value is -3.27. The van der Waals surface area contributed by atoms with E-state index in [9.17, 15) is 19.2 Å². The van der Waals surface area contributed by atoms with Gasteiger partial charge in [0.2, 0.25) is 0 Å². The Balaban J connectivity index is 1.59. The molecule has 1 aliphatic rings. The summed E-state index contributed by atoms with van der Waals surface area (Å²) in [5.41, 5.74) is 0.173.